The van der Waals surface area contributed by atoms with Gasteiger partial charge in [0.25, 0.3) is 0 Å². The zero-order valence-electron chi connectivity index (χ0n) is 11.8. The first kappa shape index (κ1) is 15.3. The topological polar surface area (TPSA) is 29.1 Å². The molecule has 0 aromatic heterocycles. The standard InChI is InChI=1S/C17H17F2NO/c1-20-10-9-12-5-2-3-7-14(12)16(21)11-13-6-4-8-15(18)17(13)19/h2-8,20H,9-11H2,1H3. The highest BCUT2D eigenvalue weighted by molar-refractivity contribution is 5.98. The van der Waals surface area contributed by atoms with E-state index in [1.54, 1.807) is 12.1 Å². The van der Waals surface area contributed by atoms with Crippen LogP contribution >= 0.6 is 0 Å². The molecule has 21 heavy (non-hydrogen) atoms. The Labute approximate surface area is 122 Å². The van der Waals surface area contributed by atoms with E-state index < -0.39 is 11.6 Å². The van der Waals surface area contributed by atoms with Crippen molar-refractivity contribution < 1.29 is 13.6 Å². The van der Waals surface area contributed by atoms with Crippen LogP contribution in [0.15, 0.2) is 42.5 Å². The molecule has 2 rings (SSSR count). The zero-order valence-corrected chi connectivity index (χ0v) is 11.8. The molecule has 2 aromatic rings. The minimum absolute atomic E-state index is 0.0865. The van der Waals surface area contributed by atoms with Crippen molar-refractivity contribution >= 4 is 5.78 Å². The molecule has 0 heterocycles. The molecule has 1 N–H and O–H groups in total. The van der Waals surface area contributed by atoms with Gasteiger partial charge in [-0.2, -0.15) is 0 Å². The minimum Gasteiger partial charge on any atom is -0.319 e. The predicted octanol–water partition coefficient (Wildman–Crippen LogP) is 3.15. The van der Waals surface area contributed by atoms with Gasteiger partial charge in [0.05, 0.1) is 0 Å². The molecule has 0 aliphatic rings. The van der Waals surface area contributed by atoms with Gasteiger partial charge in [-0.25, -0.2) is 8.78 Å². The van der Waals surface area contributed by atoms with Gasteiger partial charge in [-0.05, 0) is 37.2 Å². The van der Waals surface area contributed by atoms with Crippen molar-refractivity contribution in [3.63, 3.8) is 0 Å². The Morgan fingerprint density at radius 2 is 1.76 bits per heavy atom. The monoisotopic (exact) mass is 289 g/mol. The molecule has 0 amide bonds. The molecule has 0 aliphatic heterocycles. The number of hydrogen-bond donors (Lipinski definition) is 1. The van der Waals surface area contributed by atoms with Gasteiger partial charge in [-0.15, -0.1) is 0 Å². The number of hydrogen-bond acceptors (Lipinski definition) is 2. The third-order valence-corrected chi connectivity index (χ3v) is 3.34. The molecular formula is C17H17F2NO. The van der Waals surface area contributed by atoms with Crippen LogP contribution in [0.3, 0.4) is 0 Å². The normalized spacial score (nSPS) is 10.6. The smallest absolute Gasteiger partial charge is 0.167 e. The molecule has 110 valence electrons. The largest absolute Gasteiger partial charge is 0.319 e. The summed E-state index contributed by atoms with van der Waals surface area (Å²) in [7, 11) is 1.84. The van der Waals surface area contributed by atoms with Crippen LogP contribution in [-0.2, 0) is 12.8 Å². The van der Waals surface area contributed by atoms with E-state index in [2.05, 4.69) is 5.32 Å². The molecule has 0 atom stereocenters. The lowest BCUT2D eigenvalue weighted by molar-refractivity contribution is 0.0991. The van der Waals surface area contributed by atoms with Gasteiger partial charge in [0.1, 0.15) is 0 Å². The van der Waals surface area contributed by atoms with E-state index in [1.807, 2.05) is 19.2 Å². The molecular weight excluding hydrogens is 272 g/mol. The van der Waals surface area contributed by atoms with E-state index in [1.165, 1.54) is 12.1 Å². The van der Waals surface area contributed by atoms with Crippen molar-refractivity contribution in [1.82, 2.24) is 5.32 Å². The van der Waals surface area contributed by atoms with Crippen molar-refractivity contribution in [2.24, 2.45) is 0 Å². The molecule has 0 bridgehead atoms. The van der Waals surface area contributed by atoms with Crippen LogP contribution in [-0.4, -0.2) is 19.4 Å². The fraction of sp³-hybridized carbons (Fsp3) is 0.235. The maximum atomic E-state index is 13.6. The number of likely N-dealkylation sites (N-methyl/N-ethyl adjacent to an activating group) is 1. The summed E-state index contributed by atoms with van der Waals surface area (Å²) in [4.78, 5) is 12.4. The lowest BCUT2D eigenvalue weighted by Crippen LogP contribution is -2.14. The van der Waals surface area contributed by atoms with Gasteiger partial charge in [-0.3, -0.25) is 4.79 Å². The molecule has 0 saturated heterocycles. The average Bonchev–Trinajstić information content (AvgIpc) is 2.50. The van der Waals surface area contributed by atoms with Crippen molar-refractivity contribution in [3.05, 3.63) is 70.8 Å². The van der Waals surface area contributed by atoms with E-state index in [0.29, 0.717) is 12.0 Å². The van der Waals surface area contributed by atoms with E-state index in [-0.39, 0.29) is 17.8 Å². The van der Waals surface area contributed by atoms with Gasteiger partial charge >= 0.3 is 0 Å². The molecule has 0 saturated carbocycles. The van der Waals surface area contributed by atoms with Gasteiger partial charge in [0, 0.05) is 12.0 Å². The summed E-state index contributed by atoms with van der Waals surface area (Å²) < 4.78 is 26.8. The lowest BCUT2D eigenvalue weighted by atomic mass is 9.96. The molecule has 0 aliphatic carbocycles. The van der Waals surface area contributed by atoms with Crippen LogP contribution in [0.5, 0.6) is 0 Å². The SMILES string of the molecule is CNCCc1ccccc1C(=O)Cc1cccc(F)c1F. The number of carbonyl (C=O) groups excluding carboxylic acids is 1. The third-order valence-electron chi connectivity index (χ3n) is 3.34. The molecule has 4 heteroatoms. The van der Waals surface area contributed by atoms with E-state index >= 15 is 0 Å². The summed E-state index contributed by atoms with van der Waals surface area (Å²) in [5.41, 5.74) is 1.56. The Balaban J connectivity index is 2.22. The second kappa shape index (κ2) is 7.09. The number of Topliss-reactive ketones (excluding diaryl/α,β-unsaturated/α-hetero) is 1. The van der Waals surface area contributed by atoms with Crippen LogP contribution in [0.4, 0.5) is 8.78 Å². The maximum Gasteiger partial charge on any atom is 0.167 e. The van der Waals surface area contributed by atoms with Gasteiger partial charge in [0.2, 0.25) is 0 Å². The summed E-state index contributed by atoms with van der Waals surface area (Å²) in [5, 5.41) is 3.03. The Morgan fingerprint density at radius 1 is 1.05 bits per heavy atom. The highest BCUT2D eigenvalue weighted by Gasteiger charge is 2.15. The fourth-order valence-corrected chi connectivity index (χ4v) is 2.22. The first-order chi connectivity index (χ1) is 10.1. The first-order valence-corrected chi connectivity index (χ1v) is 6.82. The van der Waals surface area contributed by atoms with Crippen LogP contribution in [0, 0.1) is 11.6 Å². The summed E-state index contributed by atoms with van der Waals surface area (Å²) >= 11 is 0. The summed E-state index contributed by atoms with van der Waals surface area (Å²) in [6.07, 6.45) is 0.574. The van der Waals surface area contributed by atoms with E-state index in [4.69, 9.17) is 0 Å². The Morgan fingerprint density at radius 3 is 2.52 bits per heavy atom. The van der Waals surface area contributed by atoms with Crippen molar-refractivity contribution in [3.8, 4) is 0 Å². The quantitative estimate of drug-likeness (QED) is 0.828. The maximum absolute atomic E-state index is 13.6. The summed E-state index contributed by atoms with van der Waals surface area (Å²) in [6.45, 7) is 0.749. The summed E-state index contributed by atoms with van der Waals surface area (Å²) in [6, 6.07) is 11.1. The fourth-order valence-electron chi connectivity index (χ4n) is 2.22. The molecule has 0 radical (unpaired) electrons. The molecule has 2 nitrogen and oxygen atoms in total. The number of halogens is 2. The van der Waals surface area contributed by atoms with Crippen molar-refractivity contribution in [1.29, 1.82) is 0 Å². The minimum atomic E-state index is -0.946. The third kappa shape index (κ3) is 3.73. The van der Waals surface area contributed by atoms with Gasteiger partial charge in [-0.1, -0.05) is 36.4 Å². The zero-order chi connectivity index (χ0) is 15.2. The van der Waals surface area contributed by atoms with Crippen molar-refractivity contribution in [2.45, 2.75) is 12.8 Å². The molecule has 2 aromatic carbocycles. The highest BCUT2D eigenvalue weighted by atomic mass is 19.2. The number of benzene rings is 2. The average molecular weight is 289 g/mol. The molecule has 0 unspecified atom stereocenters. The van der Waals surface area contributed by atoms with Crippen molar-refractivity contribution in [2.75, 3.05) is 13.6 Å². The van der Waals surface area contributed by atoms with Crippen LogP contribution in [0.25, 0.3) is 0 Å². The lowest BCUT2D eigenvalue weighted by Gasteiger charge is -2.09. The van der Waals surface area contributed by atoms with E-state index in [9.17, 15) is 13.6 Å². The summed E-state index contributed by atoms with van der Waals surface area (Å²) in [5.74, 6) is -2.08. The number of carbonyl (C=O) groups is 1. The van der Waals surface area contributed by atoms with Crippen LogP contribution in [0.1, 0.15) is 21.5 Å². The first-order valence-electron chi connectivity index (χ1n) is 6.82. The Kier molecular flexibility index (Phi) is 5.17. The molecule has 0 spiro atoms. The predicted molar refractivity (Wildman–Crippen MR) is 78.5 cm³/mol. The second-order valence-electron chi connectivity index (χ2n) is 4.82. The second-order valence-corrected chi connectivity index (χ2v) is 4.82. The number of ketones is 1. The number of nitrogens with one attached hydrogen (secondary N) is 1. The van der Waals surface area contributed by atoms with Crippen LogP contribution in [0.2, 0.25) is 0 Å². The van der Waals surface area contributed by atoms with Crippen LogP contribution < -0.4 is 5.32 Å². The van der Waals surface area contributed by atoms with E-state index in [0.717, 1.165) is 18.2 Å². The number of rotatable bonds is 6. The highest BCUT2D eigenvalue weighted by Crippen LogP contribution is 2.17. The Hall–Kier alpha value is -2.07. The van der Waals surface area contributed by atoms with Gasteiger partial charge in [0.15, 0.2) is 17.4 Å². The molecule has 0 fully saturated rings. The van der Waals surface area contributed by atoms with Gasteiger partial charge < -0.3 is 5.32 Å². The Bertz CT molecular complexity index is 640.